The number of benzene rings is 1. The minimum Gasteiger partial charge on any atom is -0.459 e. The molecule has 0 aliphatic rings. The summed E-state index contributed by atoms with van der Waals surface area (Å²) < 4.78 is 9.63. The van der Waals surface area contributed by atoms with Crippen LogP contribution in [0.3, 0.4) is 0 Å². The van der Waals surface area contributed by atoms with Crippen LogP contribution >= 0.6 is 11.6 Å². The van der Waals surface area contributed by atoms with Gasteiger partial charge in [-0.3, -0.25) is 14.4 Å². The number of amides is 2. The molecular weight excluding hydrogens is 336 g/mol. The summed E-state index contributed by atoms with van der Waals surface area (Å²) >= 11 is 5.76. The molecule has 1 heterocycles. The monoisotopic (exact) mass is 350 g/mol. The minimum absolute atomic E-state index is 0.0866. The Balaban J connectivity index is 1.63. The number of furan rings is 1. The molecule has 0 bridgehead atoms. The molecule has 2 amide bonds. The van der Waals surface area contributed by atoms with E-state index in [9.17, 15) is 14.4 Å². The molecule has 0 spiro atoms. The highest BCUT2D eigenvalue weighted by molar-refractivity contribution is 6.30. The molecule has 1 aromatic carbocycles. The Labute approximate surface area is 142 Å². The smallest absolute Gasteiger partial charge is 0.325 e. The zero-order valence-electron chi connectivity index (χ0n) is 12.6. The number of nitrogens with one attached hydrogen (secondary N) is 2. The summed E-state index contributed by atoms with van der Waals surface area (Å²) in [6, 6.07) is 10.00. The largest absolute Gasteiger partial charge is 0.459 e. The van der Waals surface area contributed by atoms with Crippen molar-refractivity contribution in [2.75, 3.05) is 13.2 Å². The lowest BCUT2D eigenvalue weighted by Crippen LogP contribution is -2.33. The summed E-state index contributed by atoms with van der Waals surface area (Å²) in [5.74, 6) is -1.63. The summed E-state index contributed by atoms with van der Waals surface area (Å²) in [6.07, 6.45) is 1.35. The predicted octanol–water partition coefficient (Wildman–Crippen LogP) is 1.52. The lowest BCUT2D eigenvalue weighted by molar-refractivity contribution is -0.147. The fourth-order valence-electron chi connectivity index (χ4n) is 1.70. The van der Waals surface area contributed by atoms with Crippen LogP contribution in [-0.4, -0.2) is 30.9 Å². The van der Waals surface area contributed by atoms with Crippen molar-refractivity contribution in [3.8, 4) is 0 Å². The standard InChI is InChI=1S/C16H15ClN2O5/c17-12-5-3-11(4-6-12)8-18-14(20)10-24-15(21)9-19-16(22)13-2-1-7-23-13/h1-7H,8-10H2,(H,18,20)(H,19,22). The van der Waals surface area contributed by atoms with Crippen molar-refractivity contribution in [3.05, 3.63) is 59.0 Å². The molecule has 8 heteroatoms. The molecule has 2 N–H and O–H groups in total. The van der Waals surface area contributed by atoms with Gasteiger partial charge in [-0.25, -0.2) is 0 Å². The molecular formula is C16H15ClN2O5. The summed E-state index contributed by atoms with van der Waals surface area (Å²) in [7, 11) is 0. The van der Waals surface area contributed by atoms with E-state index >= 15 is 0 Å². The minimum atomic E-state index is -0.725. The van der Waals surface area contributed by atoms with E-state index in [1.807, 2.05) is 0 Å². The second kappa shape index (κ2) is 8.73. The van der Waals surface area contributed by atoms with E-state index in [1.165, 1.54) is 12.3 Å². The first-order valence-corrected chi connectivity index (χ1v) is 7.41. The van der Waals surface area contributed by atoms with Gasteiger partial charge in [-0.2, -0.15) is 0 Å². The summed E-state index contributed by atoms with van der Waals surface area (Å²) in [5, 5.41) is 5.53. The third kappa shape index (κ3) is 5.77. The molecule has 126 valence electrons. The van der Waals surface area contributed by atoms with Gasteiger partial charge in [0, 0.05) is 11.6 Å². The van der Waals surface area contributed by atoms with Crippen LogP contribution in [0.5, 0.6) is 0 Å². The molecule has 7 nitrogen and oxygen atoms in total. The van der Waals surface area contributed by atoms with Gasteiger partial charge in [-0.15, -0.1) is 0 Å². The first kappa shape index (κ1) is 17.6. The van der Waals surface area contributed by atoms with Crippen LogP contribution in [0.1, 0.15) is 16.1 Å². The second-order valence-corrected chi connectivity index (χ2v) is 5.16. The van der Waals surface area contributed by atoms with Crippen molar-refractivity contribution >= 4 is 29.4 Å². The van der Waals surface area contributed by atoms with Crippen molar-refractivity contribution in [1.29, 1.82) is 0 Å². The van der Waals surface area contributed by atoms with E-state index in [0.29, 0.717) is 11.6 Å². The average Bonchev–Trinajstić information content (AvgIpc) is 3.12. The van der Waals surface area contributed by atoms with Crippen molar-refractivity contribution in [2.45, 2.75) is 6.54 Å². The third-order valence-corrected chi connectivity index (χ3v) is 3.16. The zero-order chi connectivity index (χ0) is 17.4. The van der Waals surface area contributed by atoms with Crippen LogP contribution in [0.2, 0.25) is 5.02 Å². The van der Waals surface area contributed by atoms with Gasteiger partial charge < -0.3 is 19.8 Å². The van der Waals surface area contributed by atoms with E-state index in [0.717, 1.165) is 5.56 Å². The third-order valence-electron chi connectivity index (χ3n) is 2.91. The van der Waals surface area contributed by atoms with E-state index in [4.69, 9.17) is 20.8 Å². The average molecular weight is 351 g/mol. The van der Waals surface area contributed by atoms with Crippen LogP contribution in [0.15, 0.2) is 47.1 Å². The maximum Gasteiger partial charge on any atom is 0.325 e. The highest BCUT2D eigenvalue weighted by Crippen LogP contribution is 2.09. The fourth-order valence-corrected chi connectivity index (χ4v) is 1.82. The molecule has 0 atom stereocenters. The van der Waals surface area contributed by atoms with Gasteiger partial charge in [-0.1, -0.05) is 23.7 Å². The van der Waals surface area contributed by atoms with Crippen LogP contribution in [0, 0.1) is 0 Å². The first-order valence-electron chi connectivity index (χ1n) is 7.03. The van der Waals surface area contributed by atoms with E-state index in [2.05, 4.69) is 10.6 Å². The molecule has 2 rings (SSSR count). The summed E-state index contributed by atoms with van der Waals surface area (Å²) in [6.45, 7) is -0.490. The fraction of sp³-hybridized carbons (Fsp3) is 0.188. The lowest BCUT2D eigenvalue weighted by Gasteiger charge is -2.07. The zero-order valence-corrected chi connectivity index (χ0v) is 13.3. The molecule has 0 saturated carbocycles. The molecule has 1 aromatic heterocycles. The maximum atomic E-state index is 11.6. The Morgan fingerprint density at radius 2 is 1.83 bits per heavy atom. The Morgan fingerprint density at radius 3 is 2.50 bits per heavy atom. The number of hydrogen-bond donors (Lipinski definition) is 2. The molecule has 0 saturated heterocycles. The van der Waals surface area contributed by atoms with Gasteiger partial charge in [0.25, 0.3) is 11.8 Å². The number of hydrogen-bond acceptors (Lipinski definition) is 5. The van der Waals surface area contributed by atoms with Gasteiger partial charge in [0.15, 0.2) is 12.4 Å². The van der Waals surface area contributed by atoms with Crippen LogP contribution < -0.4 is 10.6 Å². The number of carbonyl (C=O) groups excluding carboxylic acids is 3. The number of carbonyl (C=O) groups is 3. The maximum absolute atomic E-state index is 11.6. The van der Waals surface area contributed by atoms with Crippen LogP contribution in [-0.2, 0) is 20.9 Å². The van der Waals surface area contributed by atoms with Crippen LogP contribution in [0.4, 0.5) is 0 Å². The summed E-state index contributed by atoms with van der Waals surface area (Å²) in [5.41, 5.74) is 0.866. The first-order chi connectivity index (χ1) is 11.5. The molecule has 0 radical (unpaired) electrons. The van der Waals surface area contributed by atoms with Crippen molar-refractivity contribution in [2.24, 2.45) is 0 Å². The Hall–Kier alpha value is -2.80. The Kier molecular flexibility index (Phi) is 6.39. The number of esters is 1. The number of halogens is 1. The normalized spacial score (nSPS) is 10.0. The number of rotatable bonds is 7. The van der Waals surface area contributed by atoms with Gasteiger partial charge in [-0.05, 0) is 29.8 Å². The topological polar surface area (TPSA) is 97.6 Å². The Bertz CT molecular complexity index is 698. The molecule has 0 aliphatic heterocycles. The predicted molar refractivity (Wildman–Crippen MR) is 85.3 cm³/mol. The second-order valence-electron chi connectivity index (χ2n) is 4.72. The number of ether oxygens (including phenoxy) is 1. The quantitative estimate of drug-likeness (QED) is 0.738. The SMILES string of the molecule is O=C(COC(=O)CNC(=O)c1ccco1)NCc1ccc(Cl)cc1. The van der Waals surface area contributed by atoms with E-state index in [-0.39, 0.29) is 12.3 Å². The Morgan fingerprint density at radius 1 is 1.08 bits per heavy atom. The molecule has 0 unspecified atom stereocenters. The molecule has 0 aliphatic carbocycles. The van der Waals surface area contributed by atoms with Gasteiger partial charge in [0.05, 0.1) is 6.26 Å². The van der Waals surface area contributed by atoms with E-state index < -0.39 is 24.4 Å². The van der Waals surface area contributed by atoms with Gasteiger partial charge >= 0.3 is 5.97 Å². The van der Waals surface area contributed by atoms with Crippen molar-refractivity contribution < 1.29 is 23.5 Å². The summed E-state index contributed by atoms with van der Waals surface area (Å²) in [4.78, 5) is 34.6. The van der Waals surface area contributed by atoms with Gasteiger partial charge in [0.1, 0.15) is 6.54 Å². The van der Waals surface area contributed by atoms with Crippen LogP contribution in [0.25, 0.3) is 0 Å². The highest BCUT2D eigenvalue weighted by atomic mass is 35.5. The van der Waals surface area contributed by atoms with Crippen molar-refractivity contribution in [1.82, 2.24) is 10.6 Å². The highest BCUT2D eigenvalue weighted by Gasteiger charge is 2.12. The van der Waals surface area contributed by atoms with Crippen molar-refractivity contribution in [3.63, 3.8) is 0 Å². The lowest BCUT2D eigenvalue weighted by atomic mass is 10.2. The molecule has 2 aromatic rings. The van der Waals surface area contributed by atoms with E-state index in [1.54, 1.807) is 30.3 Å². The molecule has 24 heavy (non-hydrogen) atoms. The van der Waals surface area contributed by atoms with Gasteiger partial charge in [0.2, 0.25) is 0 Å². The molecule has 0 fully saturated rings.